The zero-order valence-electron chi connectivity index (χ0n) is 12.8. The fraction of sp³-hybridized carbons (Fsp3) is 1.00. The molecule has 2 heterocycles. The van der Waals surface area contributed by atoms with Gasteiger partial charge in [-0.1, -0.05) is 13.8 Å². The molecule has 0 bridgehead atoms. The van der Waals surface area contributed by atoms with Crippen LogP contribution in [0.15, 0.2) is 0 Å². The van der Waals surface area contributed by atoms with E-state index in [1.54, 1.807) is 0 Å². The summed E-state index contributed by atoms with van der Waals surface area (Å²) in [5.74, 6) is 0. The quantitative estimate of drug-likeness (QED) is 0.237. The molecule has 0 atom stereocenters. The minimum atomic E-state index is 0.156. The molecule has 2 rings (SSSR count). The molecule has 2 fully saturated rings. The Bertz CT molecular complexity index is 260. The van der Waals surface area contributed by atoms with Gasteiger partial charge < -0.3 is 9.47 Å². The third-order valence-electron chi connectivity index (χ3n) is 4.26. The zero-order chi connectivity index (χ0) is 15.0. The van der Waals surface area contributed by atoms with E-state index < -0.39 is 0 Å². The topological polar surface area (TPSA) is 97.1 Å². The van der Waals surface area contributed by atoms with Crippen molar-refractivity contribution in [2.45, 2.75) is 26.7 Å². The molecule has 0 aromatic heterocycles. The first-order valence-corrected chi connectivity index (χ1v) is 7.38. The van der Waals surface area contributed by atoms with Gasteiger partial charge in [-0.15, -0.1) is 11.2 Å². The summed E-state index contributed by atoms with van der Waals surface area (Å²) >= 11 is 0. The lowest BCUT2D eigenvalue weighted by molar-refractivity contribution is -0.177. The van der Waals surface area contributed by atoms with E-state index in [2.05, 4.69) is 41.6 Å². The number of hydrogen-bond donors (Lipinski definition) is 5. The molecule has 0 aromatic carbocycles. The van der Waals surface area contributed by atoms with E-state index in [1.807, 2.05) is 0 Å². The minimum absolute atomic E-state index is 0.156. The van der Waals surface area contributed by atoms with Gasteiger partial charge in [0.2, 0.25) is 0 Å². The van der Waals surface area contributed by atoms with Crippen molar-refractivity contribution in [3.05, 3.63) is 0 Å². The molecule has 0 amide bonds. The van der Waals surface area contributed by atoms with Crippen LogP contribution in [0.1, 0.15) is 26.7 Å². The van der Waals surface area contributed by atoms with Crippen molar-refractivity contribution >= 4 is 0 Å². The fourth-order valence-corrected chi connectivity index (χ4v) is 2.09. The average molecular weight is 305 g/mol. The van der Waals surface area contributed by atoms with Gasteiger partial charge in [0.15, 0.2) is 0 Å². The van der Waals surface area contributed by atoms with Crippen LogP contribution in [0.25, 0.3) is 0 Å². The molecule has 0 aromatic rings. The number of rotatable bonds is 12. The van der Waals surface area contributed by atoms with E-state index in [4.69, 9.17) is 19.1 Å². The molecule has 2 saturated heterocycles. The highest BCUT2D eigenvalue weighted by Gasteiger charge is 2.37. The highest BCUT2D eigenvalue weighted by molar-refractivity contribution is 4.84. The normalized spacial score (nSPS) is 22.6. The van der Waals surface area contributed by atoms with Gasteiger partial charge in [0.1, 0.15) is 0 Å². The van der Waals surface area contributed by atoms with Gasteiger partial charge in [-0.3, -0.25) is 9.68 Å². The molecule has 0 aliphatic carbocycles. The summed E-state index contributed by atoms with van der Waals surface area (Å²) in [7, 11) is 0. The monoisotopic (exact) mass is 305 g/mol. The van der Waals surface area contributed by atoms with Crippen LogP contribution in [0, 0.1) is 10.8 Å². The Morgan fingerprint density at radius 1 is 0.762 bits per heavy atom. The van der Waals surface area contributed by atoms with Crippen molar-refractivity contribution in [2.75, 3.05) is 39.6 Å². The summed E-state index contributed by atoms with van der Waals surface area (Å²) in [6, 6.07) is 0. The Kier molecular flexibility index (Phi) is 6.74. The molecule has 2 aliphatic rings. The molecule has 0 spiro atoms. The summed E-state index contributed by atoms with van der Waals surface area (Å²) in [6.45, 7) is 8.50. The molecule has 9 heteroatoms. The number of hydrogen-bond acceptors (Lipinski definition) is 9. The van der Waals surface area contributed by atoms with Crippen LogP contribution in [-0.2, 0) is 19.1 Å². The average Bonchev–Trinajstić information content (AvgIpc) is 2.42. The van der Waals surface area contributed by atoms with Gasteiger partial charge in [-0.25, -0.2) is 0 Å². The Hall–Kier alpha value is -0.360. The second-order valence-corrected chi connectivity index (χ2v) is 5.85. The summed E-state index contributed by atoms with van der Waals surface area (Å²) in [4.78, 5) is 10.6. The maximum Gasteiger partial charge on any atom is 0.0799 e. The summed E-state index contributed by atoms with van der Waals surface area (Å²) < 4.78 is 10.4. The lowest BCUT2D eigenvalue weighted by Gasteiger charge is -2.40. The standard InChI is InChI=1S/C12H27N5O4/c1-3-11(5-18-6-11)9-20-16-14-13-15-17-21-10-12(4-2)7-19-8-12/h13-17H,3-10H2,1-2H3. The highest BCUT2D eigenvalue weighted by Crippen LogP contribution is 2.31. The van der Waals surface area contributed by atoms with E-state index in [9.17, 15) is 0 Å². The molecular weight excluding hydrogens is 278 g/mol. The Labute approximate surface area is 125 Å². The van der Waals surface area contributed by atoms with Gasteiger partial charge in [0, 0.05) is 10.8 Å². The minimum Gasteiger partial charge on any atom is -0.380 e. The van der Waals surface area contributed by atoms with Gasteiger partial charge >= 0.3 is 0 Å². The highest BCUT2D eigenvalue weighted by atomic mass is 16.7. The lowest BCUT2D eigenvalue weighted by atomic mass is 9.84. The summed E-state index contributed by atoms with van der Waals surface area (Å²) in [6.07, 6.45) is 2.08. The number of nitrogens with one attached hydrogen (secondary N) is 5. The first-order valence-electron chi connectivity index (χ1n) is 7.38. The first-order chi connectivity index (χ1) is 10.2. The second kappa shape index (κ2) is 8.32. The van der Waals surface area contributed by atoms with Crippen molar-refractivity contribution in [3.8, 4) is 0 Å². The largest absolute Gasteiger partial charge is 0.380 e. The first kappa shape index (κ1) is 17.0. The van der Waals surface area contributed by atoms with E-state index in [0.717, 1.165) is 39.3 Å². The van der Waals surface area contributed by atoms with Crippen LogP contribution in [0.4, 0.5) is 0 Å². The third kappa shape index (κ3) is 4.81. The van der Waals surface area contributed by atoms with Crippen molar-refractivity contribution in [2.24, 2.45) is 10.8 Å². The van der Waals surface area contributed by atoms with E-state index in [-0.39, 0.29) is 10.8 Å². The Balaban J connectivity index is 1.37. The SMILES string of the molecule is CCC1(CONNNNNOCC2(CC)COC2)COC1. The van der Waals surface area contributed by atoms with Crippen LogP contribution < -0.4 is 27.8 Å². The molecule has 9 nitrogen and oxygen atoms in total. The zero-order valence-corrected chi connectivity index (χ0v) is 12.8. The molecule has 124 valence electrons. The number of ether oxygens (including phenoxy) is 2. The predicted molar refractivity (Wildman–Crippen MR) is 74.7 cm³/mol. The van der Waals surface area contributed by atoms with Crippen LogP contribution in [0.2, 0.25) is 0 Å². The second-order valence-electron chi connectivity index (χ2n) is 5.85. The molecule has 5 N–H and O–H groups in total. The predicted octanol–water partition coefficient (Wildman–Crippen LogP) is -0.689. The van der Waals surface area contributed by atoms with Crippen molar-refractivity contribution in [1.29, 1.82) is 0 Å². The molecule has 2 aliphatic heterocycles. The van der Waals surface area contributed by atoms with Crippen LogP contribution in [0.3, 0.4) is 0 Å². The number of hydrazine groups is 4. The Morgan fingerprint density at radius 2 is 1.19 bits per heavy atom. The molecule has 0 unspecified atom stereocenters. The molecule has 21 heavy (non-hydrogen) atoms. The van der Waals surface area contributed by atoms with Crippen molar-refractivity contribution < 1.29 is 19.1 Å². The smallest absolute Gasteiger partial charge is 0.0799 e. The van der Waals surface area contributed by atoms with Gasteiger partial charge in [-0.05, 0) is 12.8 Å². The maximum atomic E-state index is 5.31. The molecular formula is C12H27N5O4. The maximum absolute atomic E-state index is 5.31. The van der Waals surface area contributed by atoms with Crippen LogP contribution >= 0.6 is 0 Å². The van der Waals surface area contributed by atoms with Crippen LogP contribution in [-0.4, -0.2) is 39.6 Å². The van der Waals surface area contributed by atoms with E-state index in [1.165, 1.54) is 0 Å². The van der Waals surface area contributed by atoms with Gasteiger partial charge in [0.05, 0.1) is 39.6 Å². The van der Waals surface area contributed by atoms with Gasteiger partial charge in [0.25, 0.3) is 0 Å². The van der Waals surface area contributed by atoms with E-state index in [0.29, 0.717) is 13.2 Å². The van der Waals surface area contributed by atoms with E-state index >= 15 is 0 Å². The third-order valence-corrected chi connectivity index (χ3v) is 4.26. The lowest BCUT2D eigenvalue weighted by Crippen LogP contribution is -2.57. The molecule has 0 radical (unpaired) electrons. The van der Waals surface area contributed by atoms with Crippen molar-refractivity contribution in [1.82, 2.24) is 27.8 Å². The fourth-order valence-electron chi connectivity index (χ4n) is 2.09. The van der Waals surface area contributed by atoms with Gasteiger partial charge in [-0.2, -0.15) is 16.6 Å². The molecule has 0 saturated carbocycles. The summed E-state index contributed by atoms with van der Waals surface area (Å²) in [5, 5.41) is 0. The van der Waals surface area contributed by atoms with Crippen molar-refractivity contribution in [3.63, 3.8) is 0 Å². The Morgan fingerprint density at radius 3 is 1.48 bits per heavy atom. The summed E-state index contributed by atoms with van der Waals surface area (Å²) in [5.41, 5.74) is 13.4. The van der Waals surface area contributed by atoms with Crippen LogP contribution in [0.5, 0.6) is 0 Å².